The molecule has 0 saturated heterocycles. The molecule has 0 saturated carbocycles. The zero-order chi connectivity index (χ0) is 32.3. The Labute approximate surface area is 266 Å². The largest absolute Gasteiger partial charge is 0.494 e. The van der Waals surface area contributed by atoms with Crippen molar-refractivity contribution < 1.29 is 38.1 Å². The van der Waals surface area contributed by atoms with E-state index in [-0.39, 0.29) is 6.61 Å². The molecule has 3 rings (SSSR count). The van der Waals surface area contributed by atoms with Gasteiger partial charge in [-0.25, -0.2) is 14.4 Å². The minimum atomic E-state index is -0.988. The minimum Gasteiger partial charge on any atom is -0.494 e. The van der Waals surface area contributed by atoms with Crippen LogP contribution in [0.5, 0.6) is 11.5 Å². The van der Waals surface area contributed by atoms with Crippen LogP contribution in [-0.4, -0.2) is 50.4 Å². The lowest BCUT2D eigenvalue weighted by atomic mass is 10.0. The van der Waals surface area contributed by atoms with Gasteiger partial charge in [0.1, 0.15) is 11.5 Å². The summed E-state index contributed by atoms with van der Waals surface area (Å²) in [6.45, 7) is 9.29. The van der Waals surface area contributed by atoms with E-state index in [0.29, 0.717) is 23.5 Å². The van der Waals surface area contributed by atoms with E-state index in [0.717, 1.165) is 55.8 Å². The highest BCUT2D eigenvalue weighted by Gasteiger charge is 2.20. The first-order valence-corrected chi connectivity index (χ1v) is 15.6. The number of carbonyl (C=O) groups excluding carboxylic acids is 3. The van der Waals surface area contributed by atoms with E-state index in [9.17, 15) is 14.4 Å². The third-order valence-electron chi connectivity index (χ3n) is 6.93. The Hall–Kier alpha value is -4.43. The topological polar surface area (TPSA) is 97.4 Å². The first kappa shape index (κ1) is 35.1. The van der Waals surface area contributed by atoms with E-state index in [1.807, 2.05) is 18.2 Å². The number of carbonyl (C=O) groups is 3. The Morgan fingerprint density at radius 3 is 1.84 bits per heavy atom. The molecule has 0 bridgehead atoms. The summed E-state index contributed by atoms with van der Waals surface area (Å²) >= 11 is 0. The molecule has 0 aromatic heterocycles. The molecule has 0 radical (unpaired) electrons. The van der Waals surface area contributed by atoms with Gasteiger partial charge in [0.15, 0.2) is 6.10 Å². The van der Waals surface area contributed by atoms with Crippen molar-refractivity contribution in [2.24, 2.45) is 0 Å². The van der Waals surface area contributed by atoms with Gasteiger partial charge in [-0.2, -0.15) is 0 Å². The Morgan fingerprint density at radius 1 is 0.689 bits per heavy atom. The molecule has 1 unspecified atom stereocenters. The first-order valence-electron chi connectivity index (χ1n) is 15.6. The van der Waals surface area contributed by atoms with Crippen LogP contribution < -0.4 is 9.47 Å². The lowest BCUT2D eigenvalue weighted by Gasteiger charge is -2.12. The number of ether oxygens (including phenoxy) is 5. The summed E-state index contributed by atoms with van der Waals surface area (Å²) in [6, 6.07) is 20.9. The highest BCUT2D eigenvalue weighted by atomic mass is 16.6. The molecule has 0 fully saturated rings. The average molecular weight is 617 g/mol. The SMILES string of the molecule is C=CCCOCCCCCCCCOc1ccc(C(=O)Oc2ccc(-c3ccc(C(=O)OC(C)C(=O)OCC)cc3)cc2)cc1. The molecule has 0 heterocycles. The van der Waals surface area contributed by atoms with Crippen molar-refractivity contribution in [3.8, 4) is 22.6 Å². The lowest BCUT2D eigenvalue weighted by Crippen LogP contribution is -2.26. The minimum absolute atomic E-state index is 0.214. The van der Waals surface area contributed by atoms with Crippen molar-refractivity contribution >= 4 is 17.9 Å². The third kappa shape index (κ3) is 12.6. The second-order valence-electron chi connectivity index (χ2n) is 10.5. The maximum atomic E-state index is 12.7. The molecule has 3 aromatic rings. The van der Waals surface area contributed by atoms with Crippen molar-refractivity contribution in [3.63, 3.8) is 0 Å². The second-order valence-corrected chi connectivity index (χ2v) is 10.5. The van der Waals surface area contributed by atoms with Gasteiger partial charge < -0.3 is 23.7 Å². The number of hydrogen-bond acceptors (Lipinski definition) is 8. The summed E-state index contributed by atoms with van der Waals surface area (Å²) in [5.74, 6) is -0.518. The molecule has 0 amide bonds. The van der Waals surface area contributed by atoms with E-state index < -0.39 is 24.0 Å². The van der Waals surface area contributed by atoms with E-state index in [1.54, 1.807) is 67.6 Å². The Morgan fingerprint density at radius 2 is 1.22 bits per heavy atom. The smallest absolute Gasteiger partial charge is 0.347 e. The molecule has 240 valence electrons. The van der Waals surface area contributed by atoms with Gasteiger partial charge in [0.2, 0.25) is 0 Å². The van der Waals surface area contributed by atoms with Crippen LogP contribution in [0, 0.1) is 0 Å². The van der Waals surface area contributed by atoms with E-state index in [2.05, 4.69) is 6.58 Å². The molecule has 1 atom stereocenters. The fraction of sp³-hybridized carbons (Fsp3) is 0.378. The predicted molar refractivity (Wildman–Crippen MR) is 174 cm³/mol. The standard InChI is InChI=1S/C37H44O8/c1-4-6-25-41-26-11-9-7-8-10-12-27-43-33-21-19-32(20-22-33)37(40)45-34-23-17-30(18-24-34)29-13-15-31(16-14-29)36(39)44-28(3)35(38)42-5-2/h4,13-24,28H,1,5-12,25-27H2,2-3H3. The number of benzene rings is 3. The quantitative estimate of drug-likeness (QED) is 0.0545. The fourth-order valence-corrected chi connectivity index (χ4v) is 4.38. The molecule has 45 heavy (non-hydrogen) atoms. The van der Waals surface area contributed by atoms with Gasteiger partial charge in [0.25, 0.3) is 0 Å². The normalized spacial score (nSPS) is 11.3. The third-order valence-corrected chi connectivity index (χ3v) is 6.93. The monoisotopic (exact) mass is 616 g/mol. The molecule has 3 aromatic carbocycles. The van der Waals surface area contributed by atoms with Gasteiger partial charge in [0.05, 0.1) is 24.3 Å². The van der Waals surface area contributed by atoms with Crippen molar-refractivity contribution in [2.45, 2.75) is 64.9 Å². The van der Waals surface area contributed by atoms with E-state index in [4.69, 9.17) is 23.7 Å². The summed E-state index contributed by atoms with van der Waals surface area (Å²) in [5, 5.41) is 0. The maximum absolute atomic E-state index is 12.7. The van der Waals surface area contributed by atoms with Crippen molar-refractivity contribution in [2.75, 3.05) is 26.4 Å². The molecular formula is C37H44O8. The van der Waals surface area contributed by atoms with Gasteiger partial charge in [-0.1, -0.05) is 56.0 Å². The van der Waals surface area contributed by atoms with Crippen LogP contribution in [0.2, 0.25) is 0 Å². The van der Waals surface area contributed by atoms with Crippen molar-refractivity contribution in [3.05, 3.63) is 96.6 Å². The van der Waals surface area contributed by atoms with Gasteiger partial charge in [0, 0.05) is 13.2 Å². The Bertz CT molecular complexity index is 1330. The molecule has 8 heteroatoms. The summed E-state index contributed by atoms with van der Waals surface area (Å²) < 4.78 is 26.9. The molecule has 0 aliphatic carbocycles. The van der Waals surface area contributed by atoms with Crippen LogP contribution in [0.15, 0.2) is 85.5 Å². The number of unbranched alkanes of at least 4 members (excludes halogenated alkanes) is 5. The van der Waals surface area contributed by atoms with Crippen LogP contribution in [0.4, 0.5) is 0 Å². The van der Waals surface area contributed by atoms with Gasteiger partial charge in [-0.05, 0) is 92.8 Å². The average Bonchev–Trinajstić information content (AvgIpc) is 3.06. The molecular weight excluding hydrogens is 572 g/mol. The summed E-state index contributed by atoms with van der Waals surface area (Å²) in [6.07, 6.45) is 8.58. The van der Waals surface area contributed by atoms with Crippen LogP contribution in [0.3, 0.4) is 0 Å². The second kappa shape index (κ2) is 19.8. The molecule has 0 spiro atoms. The molecule has 0 aliphatic heterocycles. The zero-order valence-corrected chi connectivity index (χ0v) is 26.3. The zero-order valence-electron chi connectivity index (χ0n) is 26.3. The maximum Gasteiger partial charge on any atom is 0.347 e. The highest BCUT2D eigenvalue weighted by Crippen LogP contribution is 2.24. The molecule has 0 aliphatic rings. The summed E-state index contributed by atoms with van der Waals surface area (Å²) in [7, 11) is 0. The molecule has 0 N–H and O–H groups in total. The number of hydrogen-bond donors (Lipinski definition) is 0. The number of rotatable bonds is 20. The van der Waals surface area contributed by atoms with Crippen molar-refractivity contribution in [1.29, 1.82) is 0 Å². The van der Waals surface area contributed by atoms with Crippen LogP contribution >= 0.6 is 0 Å². The Kier molecular flexibility index (Phi) is 15.4. The van der Waals surface area contributed by atoms with E-state index >= 15 is 0 Å². The van der Waals surface area contributed by atoms with Gasteiger partial charge >= 0.3 is 17.9 Å². The van der Waals surface area contributed by atoms with E-state index in [1.165, 1.54) is 26.2 Å². The van der Waals surface area contributed by atoms with Crippen molar-refractivity contribution in [1.82, 2.24) is 0 Å². The first-order chi connectivity index (χ1) is 21.9. The van der Waals surface area contributed by atoms with Crippen LogP contribution in [-0.2, 0) is 19.0 Å². The molecule has 8 nitrogen and oxygen atoms in total. The summed E-state index contributed by atoms with van der Waals surface area (Å²) in [5.41, 5.74) is 2.49. The number of esters is 3. The predicted octanol–water partition coefficient (Wildman–Crippen LogP) is 7.99. The van der Waals surface area contributed by atoms with Gasteiger partial charge in [-0.3, -0.25) is 0 Å². The summed E-state index contributed by atoms with van der Waals surface area (Å²) in [4.78, 5) is 36.7. The van der Waals surface area contributed by atoms with Crippen LogP contribution in [0.1, 0.15) is 79.5 Å². The van der Waals surface area contributed by atoms with Crippen LogP contribution in [0.25, 0.3) is 11.1 Å². The highest BCUT2D eigenvalue weighted by molar-refractivity contribution is 5.92. The Balaban J connectivity index is 1.37. The van der Waals surface area contributed by atoms with Gasteiger partial charge in [-0.15, -0.1) is 6.58 Å². The lowest BCUT2D eigenvalue weighted by molar-refractivity contribution is -0.152. The fourth-order valence-electron chi connectivity index (χ4n) is 4.38.